The van der Waals surface area contributed by atoms with Crippen LogP contribution in [0.25, 0.3) is 0 Å². The van der Waals surface area contributed by atoms with Crippen LogP contribution in [-0.4, -0.2) is 32.9 Å². The zero-order chi connectivity index (χ0) is 13.5. The van der Waals surface area contributed by atoms with Crippen molar-refractivity contribution >= 4 is 10.0 Å². The molecule has 1 aliphatic rings. The number of hydrogen-bond acceptors (Lipinski definition) is 4. The fourth-order valence-electron chi connectivity index (χ4n) is 2.21. The third-order valence-electron chi connectivity index (χ3n) is 3.38. The number of nitrogens with one attached hydrogen (secondary N) is 1. The monoisotopic (exact) mass is 272 g/mol. The predicted molar refractivity (Wildman–Crippen MR) is 68.9 cm³/mol. The number of nitrogens with zero attached hydrogens (tertiary/aromatic N) is 1. The number of rotatable bonds is 5. The summed E-state index contributed by atoms with van der Waals surface area (Å²) in [4.78, 5) is 0.337. The Morgan fingerprint density at radius 1 is 1.33 bits per heavy atom. The van der Waals surface area contributed by atoms with Gasteiger partial charge >= 0.3 is 0 Å². The van der Waals surface area contributed by atoms with Crippen molar-refractivity contribution in [3.05, 3.63) is 17.1 Å². The fraction of sp³-hybridized carbons (Fsp3) is 0.667. The molecule has 0 amide bonds. The molecule has 0 bridgehead atoms. The molecule has 6 heteroatoms. The maximum atomic E-state index is 12.6. The molecule has 1 heterocycles. The highest BCUT2D eigenvalue weighted by Crippen LogP contribution is 2.34. The molecule has 2 rings (SSSR count). The van der Waals surface area contributed by atoms with Gasteiger partial charge in [-0.2, -0.15) is 4.31 Å². The van der Waals surface area contributed by atoms with E-state index in [4.69, 9.17) is 4.42 Å². The normalized spacial score (nSPS) is 16.5. The maximum Gasteiger partial charge on any atom is 0.246 e. The topological polar surface area (TPSA) is 62.6 Å². The summed E-state index contributed by atoms with van der Waals surface area (Å²) in [5.41, 5.74) is 0.738. The van der Waals surface area contributed by atoms with Crippen molar-refractivity contribution in [3.63, 3.8) is 0 Å². The molecule has 0 unspecified atom stereocenters. The van der Waals surface area contributed by atoms with Crippen LogP contribution in [0.1, 0.15) is 29.9 Å². The van der Waals surface area contributed by atoms with E-state index in [0.717, 1.165) is 18.4 Å². The van der Waals surface area contributed by atoms with Gasteiger partial charge in [-0.25, -0.2) is 8.42 Å². The summed E-state index contributed by atoms with van der Waals surface area (Å²) < 4.78 is 32.1. The lowest BCUT2D eigenvalue weighted by atomic mass is 10.2. The molecular formula is C12H20N2O3S. The van der Waals surface area contributed by atoms with Crippen molar-refractivity contribution < 1.29 is 12.8 Å². The maximum absolute atomic E-state index is 12.6. The Hall–Kier alpha value is -0.850. The van der Waals surface area contributed by atoms with Crippen molar-refractivity contribution in [2.45, 2.75) is 44.2 Å². The van der Waals surface area contributed by atoms with Crippen LogP contribution in [0.5, 0.6) is 0 Å². The van der Waals surface area contributed by atoms with Crippen LogP contribution >= 0.6 is 0 Å². The van der Waals surface area contributed by atoms with Crippen molar-refractivity contribution in [2.75, 3.05) is 14.1 Å². The zero-order valence-electron chi connectivity index (χ0n) is 11.3. The lowest BCUT2D eigenvalue weighted by Gasteiger charge is -2.17. The first kappa shape index (κ1) is 13.6. The quantitative estimate of drug-likeness (QED) is 0.880. The van der Waals surface area contributed by atoms with Crippen molar-refractivity contribution in [1.29, 1.82) is 0 Å². The van der Waals surface area contributed by atoms with Crippen LogP contribution in [0.3, 0.4) is 0 Å². The van der Waals surface area contributed by atoms with Gasteiger partial charge in [-0.15, -0.1) is 0 Å². The van der Waals surface area contributed by atoms with E-state index in [1.54, 1.807) is 27.9 Å². The van der Waals surface area contributed by atoms with E-state index in [0.29, 0.717) is 23.0 Å². The molecule has 1 saturated carbocycles. The molecule has 0 spiro atoms. The lowest BCUT2D eigenvalue weighted by Crippen LogP contribution is -2.30. The van der Waals surface area contributed by atoms with Gasteiger partial charge in [0.1, 0.15) is 16.4 Å². The van der Waals surface area contributed by atoms with Crippen LogP contribution in [-0.2, 0) is 16.6 Å². The molecule has 1 N–H and O–H groups in total. The number of sulfonamides is 1. The molecule has 0 aliphatic heterocycles. The van der Waals surface area contributed by atoms with Gasteiger partial charge in [0.15, 0.2) is 0 Å². The number of aryl methyl sites for hydroxylation is 2. The number of furan rings is 1. The van der Waals surface area contributed by atoms with Crippen LogP contribution in [0.2, 0.25) is 0 Å². The summed E-state index contributed by atoms with van der Waals surface area (Å²) in [7, 11) is 0.00630. The second kappa shape index (κ2) is 4.68. The van der Waals surface area contributed by atoms with Crippen LogP contribution in [0.15, 0.2) is 9.31 Å². The van der Waals surface area contributed by atoms with Crippen LogP contribution < -0.4 is 5.32 Å². The van der Waals surface area contributed by atoms with Crippen molar-refractivity contribution in [1.82, 2.24) is 9.62 Å². The summed E-state index contributed by atoms with van der Waals surface area (Å²) in [6.07, 6.45) is 1.90. The van der Waals surface area contributed by atoms with Gasteiger partial charge < -0.3 is 9.73 Å². The summed E-state index contributed by atoms with van der Waals surface area (Å²) in [6.45, 7) is 4.01. The van der Waals surface area contributed by atoms with E-state index in [9.17, 15) is 8.42 Å². The van der Waals surface area contributed by atoms with Crippen LogP contribution in [0, 0.1) is 13.8 Å². The SMILES string of the molecule is CNCc1c(C)oc(C)c1S(=O)(=O)N(C)C1CC1. The van der Waals surface area contributed by atoms with E-state index in [2.05, 4.69) is 5.32 Å². The summed E-state index contributed by atoms with van der Waals surface area (Å²) in [6, 6.07) is 0.159. The van der Waals surface area contributed by atoms with Gasteiger partial charge in [-0.1, -0.05) is 0 Å². The fourth-order valence-corrected chi connectivity index (χ4v) is 4.03. The first-order valence-corrected chi connectivity index (χ1v) is 7.55. The van der Waals surface area contributed by atoms with Crippen molar-refractivity contribution in [2.24, 2.45) is 0 Å². The van der Waals surface area contributed by atoms with Gasteiger partial charge in [0, 0.05) is 25.2 Å². The molecule has 1 aromatic rings. The lowest BCUT2D eigenvalue weighted by molar-refractivity contribution is 0.457. The largest absolute Gasteiger partial charge is 0.465 e. The minimum absolute atomic E-state index is 0.159. The summed E-state index contributed by atoms with van der Waals surface area (Å²) in [5.74, 6) is 1.15. The smallest absolute Gasteiger partial charge is 0.246 e. The summed E-state index contributed by atoms with van der Waals surface area (Å²) >= 11 is 0. The molecular weight excluding hydrogens is 252 g/mol. The van der Waals surface area contributed by atoms with Gasteiger partial charge in [0.2, 0.25) is 10.0 Å². The molecule has 1 aliphatic carbocycles. The van der Waals surface area contributed by atoms with Gasteiger partial charge in [-0.3, -0.25) is 0 Å². The summed E-state index contributed by atoms with van der Waals surface area (Å²) in [5, 5.41) is 2.99. The Bertz CT molecular complexity index is 544. The zero-order valence-corrected chi connectivity index (χ0v) is 12.1. The highest BCUT2D eigenvalue weighted by Gasteiger charge is 2.38. The van der Waals surface area contributed by atoms with Gasteiger partial charge in [-0.05, 0) is 33.7 Å². The van der Waals surface area contributed by atoms with E-state index in [-0.39, 0.29) is 6.04 Å². The van der Waals surface area contributed by atoms with Crippen LogP contribution in [0.4, 0.5) is 0 Å². The average molecular weight is 272 g/mol. The van der Waals surface area contributed by atoms with Gasteiger partial charge in [0.05, 0.1) is 0 Å². The molecule has 18 heavy (non-hydrogen) atoms. The third-order valence-corrected chi connectivity index (χ3v) is 5.48. The second-order valence-corrected chi connectivity index (χ2v) is 6.74. The minimum Gasteiger partial charge on any atom is -0.465 e. The Morgan fingerprint density at radius 2 is 1.94 bits per heavy atom. The molecule has 5 nitrogen and oxygen atoms in total. The second-order valence-electron chi connectivity index (χ2n) is 4.80. The first-order chi connectivity index (χ1) is 8.39. The third kappa shape index (κ3) is 2.20. The van der Waals surface area contributed by atoms with E-state index >= 15 is 0 Å². The van der Waals surface area contributed by atoms with E-state index in [1.165, 1.54) is 4.31 Å². The minimum atomic E-state index is -3.44. The van der Waals surface area contributed by atoms with E-state index in [1.807, 2.05) is 0 Å². The van der Waals surface area contributed by atoms with Crippen molar-refractivity contribution in [3.8, 4) is 0 Å². The Labute approximate surface area is 108 Å². The Balaban J connectivity index is 2.48. The Morgan fingerprint density at radius 3 is 2.44 bits per heavy atom. The van der Waals surface area contributed by atoms with E-state index < -0.39 is 10.0 Å². The highest BCUT2D eigenvalue weighted by atomic mass is 32.2. The highest BCUT2D eigenvalue weighted by molar-refractivity contribution is 7.89. The molecule has 102 valence electrons. The predicted octanol–water partition coefficient (Wildman–Crippen LogP) is 1.40. The molecule has 1 aromatic heterocycles. The average Bonchev–Trinajstić information content (AvgIpc) is 3.06. The molecule has 0 saturated heterocycles. The first-order valence-electron chi connectivity index (χ1n) is 6.11. The molecule has 0 radical (unpaired) electrons. The standard InChI is InChI=1S/C12H20N2O3S/c1-8-11(7-13-3)12(9(2)17-8)18(15,16)14(4)10-5-6-10/h10,13H,5-7H2,1-4H3. The molecule has 0 atom stereocenters. The number of hydrogen-bond donors (Lipinski definition) is 1. The molecule has 1 fully saturated rings. The van der Waals surface area contributed by atoms with Gasteiger partial charge in [0.25, 0.3) is 0 Å². The Kier molecular flexibility index (Phi) is 3.53. The molecule has 0 aromatic carbocycles.